The maximum atomic E-state index is 11.6. The van der Waals surface area contributed by atoms with Crippen LogP contribution in [0.15, 0.2) is 20.0 Å². The molecule has 0 spiro atoms. The van der Waals surface area contributed by atoms with Crippen LogP contribution in [0.3, 0.4) is 0 Å². The Morgan fingerprint density at radius 2 is 2.05 bits per heavy atom. The minimum atomic E-state index is -4.00. The second kappa shape index (κ2) is 8.74. The first-order valence-electron chi connectivity index (χ1n) is 5.84. The molecule has 21 heavy (non-hydrogen) atoms. The largest absolute Gasteiger partial charge is 0.457 e. The van der Waals surface area contributed by atoms with Gasteiger partial charge in [0, 0.05) is 37.1 Å². The number of furan rings is 1. The smallest absolute Gasteiger partial charge is 0.374 e. The zero-order chi connectivity index (χ0) is 15.9. The summed E-state index contributed by atoms with van der Waals surface area (Å²) in [7, 11) is 2.77. The lowest BCUT2D eigenvalue weighted by Crippen LogP contribution is -2.11. The van der Waals surface area contributed by atoms with Gasteiger partial charge in [0.05, 0.1) is 6.61 Å². The van der Waals surface area contributed by atoms with E-state index in [4.69, 9.17) is 29.3 Å². The zero-order valence-electron chi connectivity index (χ0n) is 11.1. The van der Waals surface area contributed by atoms with Crippen LogP contribution in [0.5, 0.6) is 0 Å². The van der Waals surface area contributed by atoms with E-state index in [0.29, 0.717) is 13.2 Å². The molecule has 0 unspecified atom stereocenters. The quantitative estimate of drug-likeness (QED) is 0.353. The molecule has 0 saturated carbocycles. The van der Waals surface area contributed by atoms with Crippen LogP contribution >= 0.6 is 26.6 Å². The van der Waals surface area contributed by atoms with Crippen LogP contribution in [0.25, 0.3) is 0 Å². The molecule has 7 nitrogen and oxygen atoms in total. The van der Waals surface area contributed by atoms with E-state index in [0.717, 1.165) is 12.5 Å². The molecule has 0 fully saturated rings. The third-order valence-electron chi connectivity index (χ3n) is 2.22. The number of hydrogen-bond acceptors (Lipinski definition) is 7. The molecule has 0 N–H and O–H groups in total. The van der Waals surface area contributed by atoms with Crippen molar-refractivity contribution in [1.82, 2.24) is 0 Å². The fourth-order valence-corrected chi connectivity index (χ4v) is 3.32. The molecule has 0 amide bonds. The third-order valence-corrected chi connectivity index (χ3v) is 4.40. The van der Waals surface area contributed by atoms with Crippen molar-refractivity contribution in [2.24, 2.45) is 0 Å². The van der Waals surface area contributed by atoms with E-state index in [9.17, 15) is 13.2 Å². The van der Waals surface area contributed by atoms with E-state index in [2.05, 4.69) is 15.9 Å². The van der Waals surface area contributed by atoms with Gasteiger partial charge in [-0.15, -0.1) is 0 Å². The van der Waals surface area contributed by atoms with E-state index in [-0.39, 0.29) is 28.5 Å². The highest BCUT2D eigenvalue weighted by Crippen LogP contribution is 2.28. The lowest BCUT2D eigenvalue weighted by Gasteiger charge is -2.04. The predicted octanol–water partition coefficient (Wildman–Crippen LogP) is 2.18. The minimum Gasteiger partial charge on any atom is -0.457 e. The number of halogens is 2. The molecule has 120 valence electrons. The number of carbonyl (C=O) groups is 1. The third kappa shape index (κ3) is 6.35. The summed E-state index contributed by atoms with van der Waals surface area (Å²) in [6, 6.07) is 0.994. The van der Waals surface area contributed by atoms with Crippen LogP contribution in [-0.4, -0.2) is 47.9 Å². The molecule has 0 atom stereocenters. The van der Waals surface area contributed by atoms with Gasteiger partial charge in [-0.3, -0.25) is 0 Å². The summed E-state index contributed by atoms with van der Waals surface area (Å²) in [6.45, 7) is 1.33. The van der Waals surface area contributed by atoms with Crippen molar-refractivity contribution in [3.8, 4) is 0 Å². The fraction of sp³-hybridized carbons (Fsp3) is 0.545. The molecular weight excluding hydrogens is 392 g/mol. The predicted molar refractivity (Wildman–Crippen MR) is 77.0 cm³/mol. The standard InChI is InChI=1S/C11H14BrClO7S/c1-17-3-2-4-18-5-6-19-11(14)8-7-9(10(12)20-8)21(13,15)16/h7H,2-6H2,1H3. The molecule has 1 aromatic heterocycles. The molecule has 0 aliphatic carbocycles. The Balaban J connectivity index is 2.40. The van der Waals surface area contributed by atoms with Crippen molar-refractivity contribution in [2.45, 2.75) is 11.3 Å². The summed E-state index contributed by atoms with van der Waals surface area (Å²) >= 11 is 2.86. The molecular formula is C11H14BrClO7S. The summed E-state index contributed by atoms with van der Waals surface area (Å²) in [5.74, 6) is -1.07. The highest BCUT2D eigenvalue weighted by atomic mass is 79.9. The van der Waals surface area contributed by atoms with E-state index in [1.807, 2.05) is 0 Å². The van der Waals surface area contributed by atoms with Crippen molar-refractivity contribution in [1.29, 1.82) is 0 Å². The molecule has 0 aliphatic heterocycles. The van der Waals surface area contributed by atoms with Gasteiger partial charge in [0.1, 0.15) is 11.5 Å². The van der Waals surface area contributed by atoms with Crippen molar-refractivity contribution < 1.29 is 31.8 Å². The second-order valence-corrected chi connectivity index (χ2v) is 7.04. The molecule has 0 radical (unpaired) electrons. The Morgan fingerprint density at radius 3 is 2.62 bits per heavy atom. The average Bonchev–Trinajstić information content (AvgIpc) is 2.79. The maximum absolute atomic E-state index is 11.6. The number of rotatable bonds is 9. The zero-order valence-corrected chi connectivity index (χ0v) is 14.3. The van der Waals surface area contributed by atoms with Gasteiger partial charge in [0.15, 0.2) is 4.67 Å². The lowest BCUT2D eigenvalue weighted by molar-refractivity contribution is 0.0259. The summed E-state index contributed by atoms with van der Waals surface area (Å²) in [5, 5.41) is 0. The Kier molecular flexibility index (Phi) is 7.67. The molecule has 0 saturated heterocycles. The van der Waals surface area contributed by atoms with Crippen LogP contribution < -0.4 is 0 Å². The van der Waals surface area contributed by atoms with Crippen LogP contribution in [-0.2, 0) is 23.3 Å². The summed E-state index contributed by atoms with van der Waals surface area (Å²) < 4.78 is 42.0. The Morgan fingerprint density at radius 1 is 1.33 bits per heavy atom. The van der Waals surface area contributed by atoms with Crippen LogP contribution in [0, 0.1) is 0 Å². The van der Waals surface area contributed by atoms with Gasteiger partial charge >= 0.3 is 5.97 Å². The van der Waals surface area contributed by atoms with Crippen LogP contribution in [0.4, 0.5) is 0 Å². The SMILES string of the molecule is COCCCOCCOC(=O)c1cc(S(=O)(=O)Cl)c(Br)o1. The van der Waals surface area contributed by atoms with Crippen LogP contribution in [0.1, 0.15) is 17.0 Å². The number of hydrogen-bond donors (Lipinski definition) is 0. The Hall–Kier alpha value is -0.610. The lowest BCUT2D eigenvalue weighted by atomic mass is 10.4. The van der Waals surface area contributed by atoms with E-state index >= 15 is 0 Å². The van der Waals surface area contributed by atoms with Crippen molar-refractivity contribution in [3.63, 3.8) is 0 Å². The van der Waals surface area contributed by atoms with Gasteiger partial charge in [-0.2, -0.15) is 0 Å². The molecule has 0 bridgehead atoms. The number of esters is 1. The van der Waals surface area contributed by atoms with Crippen LogP contribution in [0.2, 0.25) is 0 Å². The van der Waals surface area contributed by atoms with Gasteiger partial charge in [-0.25, -0.2) is 13.2 Å². The number of methoxy groups -OCH3 is 1. The first-order chi connectivity index (χ1) is 9.86. The van der Waals surface area contributed by atoms with E-state index < -0.39 is 15.0 Å². The molecule has 0 aliphatic rings. The topological polar surface area (TPSA) is 92.0 Å². The van der Waals surface area contributed by atoms with Crippen molar-refractivity contribution >= 4 is 41.6 Å². The van der Waals surface area contributed by atoms with Gasteiger partial charge in [-0.1, -0.05) is 0 Å². The number of ether oxygens (including phenoxy) is 3. The first-order valence-corrected chi connectivity index (χ1v) is 8.94. The van der Waals surface area contributed by atoms with E-state index in [1.165, 1.54) is 0 Å². The van der Waals surface area contributed by atoms with Gasteiger partial charge in [-0.05, 0) is 22.4 Å². The highest BCUT2D eigenvalue weighted by molar-refractivity contribution is 9.10. The molecule has 1 rings (SSSR count). The summed E-state index contributed by atoms with van der Waals surface area (Å²) in [5.41, 5.74) is 0. The van der Waals surface area contributed by atoms with Gasteiger partial charge < -0.3 is 18.6 Å². The summed E-state index contributed by atoms with van der Waals surface area (Å²) in [4.78, 5) is 11.3. The molecule has 1 heterocycles. The normalized spacial score (nSPS) is 11.6. The second-order valence-electron chi connectivity index (χ2n) is 3.78. The van der Waals surface area contributed by atoms with Crippen molar-refractivity contribution in [2.75, 3.05) is 33.5 Å². The Bertz CT molecular complexity index is 569. The monoisotopic (exact) mass is 404 g/mol. The molecule has 10 heteroatoms. The van der Waals surface area contributed by atoms with E-state index in [1.54, 1.807) is 7.11 Å². The first kappa shape index (κ1) is 18.4. The molecule has 1 aromatic rings. The highest BCUT2D eigenvalue weighted by Gasteiger charge is 2.23. The summed E-state index contributed by atoms with van der Waals surface area (Å²) in [6.07, 6.45) is 0.743. The van der Waals surface area contributed by atoms with Gasteiger partial charge in [0.25, 0.3) is 9.05 Å². The van der Waals surface area contributed by atoms with Crippen molar-refractivity contribution in [3.05, 3.63) is 16.5 Å². The molecule has 0 aromatic carbocycles. The van der Waals surface area contributed by atoms with Gasteiger partial charge in [0.2, 0.25) is 5.76 Å². The number of carbonyl (C=O) groups excluding carboxylic acids is 1. The maximum Gasteiger partial charge on any atom is 0.374 e. The Labute approximate surface area is 135 Å². The minimum absolute atomic E-state index is 0.0209. The average molecular weight is 406 g/mol. The fourth-order valence-electron chi connectivity index (χ4n) is 1.29.